The highest BCUT2D eigenvalue weighted by molar-refractivity contribution is 6.32. The lowest BCUT2D eigenvalue weighted by Gasteiger charge is -2.14. The van der Waals surface area contributed by atoms with Crippen molar-refractivity contribution in [3.63, 3.8) is 0 Å². The van der Waals surface area contributed by atoms with Crippen molar-refractivity contribution in [3.8, 4) is 0 Å². The van der Waals surface area contributed by atoms with Crippen LogP contribution >= 0.6 is 11.6 Å². The van der Waals surface area contributed by atoms with E-state index in [-0.39, 0.29) is 24.8 Å². The lowest BCUT2D eigenvalue weighted by atomic mass is 10.1. The first kappa shape index (κ1) is 17.4. The van der Waals surface area contributed by atoms with Gasteiger partial charge in [0.2, 0.25) is 5.91 Å². The minimum absolute atomic E-state index is 0.0729. The molecule has 1 aromatic carbocycles. The molecular weight excluding hydrogens is 318 g/mol. The van der Waals surface area contributed by atoms with Gasteiger partial charge in [-0.1, -0.05) is 11.6 Å². The summed E-state index contributed by atoms with van der Waals surface area (Å²) in [5.41, 5.74) is 0.639. The summed E-state index contributed by atoms with van der Waals surface area (Å²) in [7, 11) is 3.94. The average Bonchev–Trinajstić information content (AvgIpc) is 2.73. The Labute approximate surface area is 140 Å². The summed E-state index contributed by atoms with van der Waals surface area (Å²) in [6, 6.07) is 4.60. The molecular formula is C16H20ClN3O3. The summed E-state index contributed by atoms with van der Waals surface area (Å²) < 4.78 is 0. The summed E-state index contributed by atoms with van der Waals surface area (Å²) in [4.78, 5) is 39.3. The van der Waals surface area contributed by atoms with E-state index < -0.39 is 5.91 Å². The maximum Gasteiger partial charge on any atom is 0.261 e. The molecule has 7 heteroatoms. The minimum Gasteiger partial charge on any atom is -0.356 e. The quantitative estimate of drug-likeness (QED) is 0.603. The molecule has 124 valence electrons. The maximum absolute atomic E-state index is 12.2. The van der Waals surface area contributed by atoms with E-state index in [1.165, 1.54) is 6.07 Å². The van der Waals surface area contributed by atoms with Crippen LogP contribution in [0.3, 0.4) is 0 Å². The summed E-state index contributed by atoms with van der Waals surface area (Å²) in [6.45, 7) is 1.54. The predicted molar refractivity (Wildman–Crippen MR) is 87.6 cm³/mol. The SMILES string of the molecule is CN(C)CCCNC(=O)CCN1C(=O)c2ccc(Cl)cc2C1=O. The summed E-state index contributed by atoms with van der Waals surface area (Å²) in [5, 5.41) is 3.19. The maximum atomic E-state index is 12.2. The Bertz CT molecular complexity index is 631. The van der Waals surface area contributed by atoms with Crippen molar-refractivity contribution < 1.29 is 14.4 Å². The highest BCUT2D eigenvalue weighted by Gasteiger charge is 2.35. The van der Waals surface area contributed by atoms with E-state index in [4.69, 9.17) is 11.6 Å². The number of nitrogens with one attached hydrogen (secondary N) is 1. The molecule has 2 rings (SSSR count). The number of nitrogens with zero attached hydrogens (tertiary/aromatic N) is 2. The first-order valence-electron chi connectivity index (χ1n) is 7.47. The second kappa shape index (κ2) is 7.57. The number of carbonyl (C=O) groups excluding carboxylic acids is 3. The van der Waals surface area contributed by atoms with Gasteiger partial charge >= 0.3 is 0 Å². The molecule has 0 aromatic heterocycles. The molecule has 0 radical (unpaired) electrons. The number of hydrogen-bond donors (Lipinski definition) is 1. The van der Waals surface area contributed by atoms with Gasteiger partial charge in [-0.25, -0.2) is 0 Å². The molecule has 0 saturated carbocycles. The van der Waals surface area contributed by atoms with Crippen molar-refractivity contribution in [2.24, 2.45) is 0 Å². The van der Waals surface area contributed by atoms with E-state index in [9.17, 15) is 14.4 Å². The molecule has 6 nitrogen and oxygen atoms in total. The van der Waals surface area contributed by atoms with Crippen LogP contribution in [0.4, 0.5) is 0 Å². The first-order valence-corrected chi connectivity index (χ1v) is 7.85. The third kappa shape index (κ3) is 4.30. The molecule has 3 amide bonds. The van der Waals surface area contributed by atoms with Crippen LogP contribution in [0.15, 0.2) is 18.2 Å². The third-order valence-corrected chi connectivity index (χ3v) is 3.83. The van der Waals surface area contributed by atoms with Crippen molar-refractivity contribution in [2.75, 3.05) is 33.7 Å². The normalized spacial score (nSPS) is 13.7. The zero-order valence-electron chi connectivity index (χ0n) is 13.3. The second-order valence-corrected chi connectivity index (χ2v) is 6.15. The average molecular weight is 338 g/mol. The lowest BCUT2D eigenvalue weighted by molar-refractivity contribution is -0.121. The van der Waals surface area contributed by atoms with Crippen LogP contribution in [0.5, 0.6) is 0 Å². The molecule has 0 saturated heterocycles. The molecule has 23 heavy (non-hydrogen) atoms. The number of imide groups is 1. The molecule has 1 N–H and O–H groups in total. The highest BCUT2D eigenvalue weighted by Crippen LogP contribution is 2.25. The van der Waals surface area contributed by atoms with Gasteiger partial charge in [0.1, 0.15) is 0 Å². The van der Waals surface area contributed by atoms with Crippen LogP contribution in [0, 0.1) is 0 Å². The van der Waals surface area contributed by atoms with Crippen molar-refractivity contribution in [1.29, 1.82) is 0 Å². The van der Waals surface area contributed by atoms with Crippen LogP contribution in [0.1, 0.15) is 33.6 Å². The Kier molecular flexibility index (Phi) is 5.74. The number of amides is 3. The minimum atomic E-state index is -0.395. The fourth-order valence-corrected chi connectivity index (χ4v) is 2.56. The molecule has 1 aliphatic rings. The summed E-state index contributed by atoms with van der Waals surface area (Å²) in [6.07, 6.45) is 0.950. The topological polar surface area (TPSA) is 69.7 Å². The van der Waals surface area contributed by atoms with Crippen LogP contribution < -0.4 is 5.32 Å². The van der Waals surface area contributed by atoms with Gasteiger partial charge < -0.3 is 10.2 Å². The van der Waals surface area contributed by atoms with Crippen molar-refractivity contribution in [1.82, 2.24) is 15.1 Å². The Morgan fingerprint density at radius 2 is 1.91 bits per heavy atom. The smallest absolute Gasteiger partial charge is 0.261 e. The Morgan fingerprint density at radius 3 is 2.61 bits per heavy atom. The zero-order valence-corrected chi connectivity index (χ0v) is 14.0. The van der Waals surface area contributed by atoms with Gasteiger partial charge in [-0.3, -0.25) is 19.3 Å². The van der Waals surface area contributed by atoms with E-state index in [2.05, 4.69) is 5.32 Å². The Morgan fingerprint density at radius 1 is 1.22 bits per heavy atom. The van der Waals surface area contributed by atoms with Crippen molar-refractivity contribution >= 4 is 29.3 Å². The van der Waals surface area contributed by atoms with Crippen LogP contribution in [0.25, 0.3) is 0 Å². The molecule has 1 heterocycles. The van der Waals surface area contributed by atoms with E-state index in [0.717, 1.165) is 17.9 Å². The molecule has 0 atom stereocenters. The number of fused-ring (bicyclic) bond motifs is 1. The Hall–Kier alpha value is -1.92. The predicted octanol–water partition coefficient (Wildman–Crippen LogP) is 1.39. The van der Waals surface area contributed by atoms with Gasteiger partial charge in [-0.15, -0.1) is 0 Å². The van der Waals surface area contributed by atoms with Gasteiger partial charge in [0.15, 0.2) is 0 Å². The van der Waals surface area contributed by atoms with Gasteiger partial charge in [0, 0.05) is 24.5 Å². The summed E-state index contributed by atoms with van der Waals surface area (Å²) >= 11 is 5.86. The van der Waals surface area contributed by atoms with Gasteiger partial charge in [-0.05, 0) is 45.3 Å². The number of benzene rings is 1. The van der Waals surface area contributed by atoms with Gasteiger partial charge in [0.05, 0.1) is 11.1 Å². The standard InChI is InChI=1S/C16H20ClN3O3/c1-19(2)8-3-7-18-14(21)6-9-20-15(22)12-5-4-11(17)10-13(12)16(20)23/h4-5,10H,3,6-9H2,1-2H3,(H,18,21). The molecule has 1 aliphatic heterocycles. The zero-order chi connectivity index (χ0) is 17.0. The molecule has 0 spiro atoms. The van der Waals surface area contributed by atoms with E-state index in [1.807, 2.05) is 19.0 Å². The fraction of sp³-hybridized carbons (Fsp3) is 0.438. The van der Waals surface area contributed by atoms with Gasteiger partial charge in [0.25, 0.3) is 11.8 Å². The first-order chi connectivity index (χ1) is 10.9. The number of carbonyl (C=O) groups is 3. The molecule has 0 bridgehead atoms. The monoisotopic (exact) mass is 337 g/mol. The van der Waals surface area contributed by atoms with E-state index >= 15 is 0 Å². The largest absolute Gasteiger partial charge is 0.356 e. The van der Waals surface area contributed by atoms with E-state index in [0.29, 0.717) is 22.7 Å². The third-order valence-electron chi connectivity index (χ3n) is 3.60. The van der Waals surface area contributed by atoms with E-state index in [1.54, 1.807) is 12.1 Å². The molecule has 0 aliphatic carbocycles. The van der Waals surface area contributed by atoms with Crippen molar-refractivity contribution in [3.05, 3.63) is 34.3 Å². The van der Waals surface area contributed by atoms with Gasteiger partial charge in [-0.2, -0.15) is 0 Å². The molecule has 0 fully saturated rings. The summed E-state index contributed by atoms with van der Waals surface area (Å²) in [5.74, 6) is -0.937. The van der Waals surface area contributed by atoms with Crippen molar-refractivity contribution in [2.45, 2.75) is 12.8 Å². The van der Waals surface area contributed by atoms with Crippen LogP contribution in [-0.4, -0.2) is 61.3 Å². The van der Waals surface area contributed by atoms with Crippen LogP contribution in [-0.2, 0) is 4.79 Å². The lowest BCUT2D eigenvalue weighted by Crippen LogP contribution is -2.35. The Balaban J connectivity index is 1.84. The number of halogens is 1. The fourth-order valence-electron chi connectivity index (χ4n) is 2.39. The second-order valence-electron chi connectivity index (χ2n) is 5.71. The highest BCUT2D eigenvalue weighted by atomic mass is 35.5. The number of hydrogen-bond acceptors (Lipinski definition) is 4. The molecule has 1 aromatic rings. The number of rotatable bonds is 7. The molecule has 0 unspecified atom stereocenters. The van der Waals surface area contributed by atoms with Crippen LogP contribution in [0.2, 0.25) is 5.02 Å².